The number of halogens is 1. The minimum atomic E-state index is -3.91. The molecule has 0 fully saturated rings. The molecule has 0 unspecified atom stereocenters. The first-order valence-corrected chi connectivity index (χ1v) is 13.2. The van der Waals surface area contributed by atoms with Crippen LogP contribution in [0.15, 0.2) is 53.4 Å². The van der Waals surface area contributed by atoms with Gasteiger partial charge < -0.3 is 10.2 Å². The van der Waals surface area contributed by atoms with Gasteiger partial charge in [0.05, 0.1) is 11.4 Å². The third-order valence-electron chi connectivity index (χ3n) is 5.70. The van der Waals surface area contributed by atoms with Gasteiger partial charge >= 0.3 is 0 Å². The van der Waals surface area contributed by atoms with E-state index in [4.69, 9.17) is 11.6 Å². The number of aryl methyl sites for hydroxylation is 1. The third kappa shape index (κ3) is 7.29. The first-order chi connectivity index (χ1) is 16.0. The number of nitrogens with one attached hydrogen (secondary N) is 1. The fraction of sp³-hybridized carbons (Fsp3) is 0.440. The molecular weight excluding hydrogens is 474 g/mol. The average molecular weight is 508 g/mol. The van der Waals surface area contributed by atoms with Crippen LogP contribution in [0.3, 0.4) is 0 Å². The van der Waals surface area contributed by atoms with Crippen LogP contribution < -0.4 is 5.32 Å². The quantitative estimate of drug-likeness (QED) is 0.498. The number of rotatable bonds is 11. The Morgan fingerprint density at radius 2 is 1.71 bits per heavy atom. The van der Waals surface area contributed by atoms with E-state index in [0.717, 1.165) is 21.9 Å². The summed E-state index contributed by atoms with van der Waals surface area (Å²) in [6.45, 7) is 7.47. The van der Waals surface area contributed by atoms with E-state index in [1.807, 2.05) is 52.0 Å². The number of sulfonamides is 1. The second kappa shape index (κ2) is 12.3. The van der Waals surface area contributed by atoms with Crippen molar-refractivity contribution in [3.8, 4) is 0 Å². The Labute approximate surface area is 208 Å². The van der Waals surface area contributed by atoms with Crippen LogP contribution in [0.4, 0.5) is 0 Å². The summed E-state index contributed by atoms with van der Waals surface area (Å²) in [7, 11) is -2.56. The molecule has 7 nitrogen and oxygen atoms in total. The lowest BCUT2D eigenvalue weighted by Gasteiger charge is -2.32. The molecule has 2 amide bonds. The van der Waals surface area contributed by atoms with Crippen molar-refractivity contribution in [3.63, 3.8) is 0 Å². The summed E-state index contributed by atoms with van der Waals surface area (Å²) in [6.07, 6.45) is 1.16. The molecule has 0 aliphatic rings. The Bertz CT molecular complexity index is 1090. The molecule has 186 valence electrons. The topological polar surface area (TPSA) is 86.8 Å². The van der Waals surface area contributed by atoms with Gasteiger partial charge in [-0.25, -0.2) is 8.42 Å². The highest BCUT2D eigenvalue weighted by Crippen LogP contribution is 2.19. The van der Waals surface area contributed by atoms with Crippen LogP contribution in [0.1, 0.15) is 44.7 Å². The number of carbonyl (C=O) groups excluding carboxylic acids is 2. The Kier molecular flexibility index (Phi) is 10.1. The van der Waals surface area contributed by atoms with Gasteiger partial charge in [0.25, 0.3) is 0 Å². The highest BCUT2D eigenvalue weighted by Gasteiger charge is 2.32. The maximum Gasteiger partial charge on any atom is 0.243 e. The number of amides is 2. The molecule has 0 heterocycles. The van der Waals surface area contributed by atoms with Gasteiger partial charge in [0.2, 0.25) is 21.8 Å². The van der Waals surface area contributed by atoms with E-state index in [0.29, 0.717) is 11.4 Å². The van der Waals surface area contributed by atoms with Gasteiger partial charge in [0.1, 0.15) is 6.04 Å². The van der Waals surface area contributed by atoms with Gasteiger partial charge in [-0.05, 0) is 56.5 Å². The maximum atomic E-state index is 13.5. The van der Waals surface area contributed by atoms with Crippen molar-refractivity contribution in [3.05, 3.63) is 64.7 Å². The summed E-state index contributed by atoms with van der Waals surface area (Å²) in [5, 5.41) is 3.37. The molecule has 0 saturated heterocycles. The van der Waals surface area contributed by atoms with Crippen molar-refractivity contribution in [1.29, 1.82) is 0 Å². The lowest BCUT2D eigenvalue weighted by atomic mass is 10.1. The Morgan fingerprint density at radius 1 is 1.06 bits per heavy atom. The van der Waals surface area contributed by atoms with Crippen molar-refractivity contribution >= 4 is 33.4 Å². The highest BCUT2D eigenvalue weighted by molar-refractivity contribution is 7.89. The van der Waals surface area contributed by atoms with E-state index in [1.54, 1.807) is 0 Å². The maximum absolute atomic E-state index is 13.5. The monoisotopic (exact) mass is 507 g/mol. The fourth-order valence-electron chi connectivity index (χ4n) is 3.52. The molecule has 1 N–H and O–H groups in total. The largest absolute Gasteiger partial charge is 0.352 e. The highest BCUT2D eigenvalue weighted by atomic mass is 35.5. The Morgan fingerprint density at radius 3 is 2.26 bits per heavy atom. The number of likely N-dealkylation sites (N-methyl/N-ethyl adjacent to an activating group) is 1. The number of hydrogen-bond donors (Lipinski definition) is 1. The van der Waals surface area contributed by atoms with E-state index in [-0.39, 0.29) is 23.4 Å². The summed E-state index contributed by atoms with van der Waals surface area (Å²) in [4.78, 5) is 28.0. The number of nitrogens with zero attached hydrogens (tertiary/aromatic N) is 2. The van der Waals surface area contributed by atoms with Gasteiger partial charge in [-0.15, -0.1) is 0 Å². The normalized spacial score (nSPS) is 13.4. The van der Waals surface area contributed by atoms with Gasteiger partial charge in [-0.3, -0.25) is 9.59 Å². The fourth-order valence-corrected chi connectivity index (χ4v) is 4.77. The summed E-state index contributed by atoms with van der Waals surface area (Å²) in [5.74, 6) is -0.700. The van der Waals surface area contributed by atoms with Gasteiger partial charge in [0, 0.05) is 24.7 Å². The minimum Gasteiger partial charge on any atom is -0.352 e. The van der Waals surface area contributed by atoms with Crippen LogP contribution in [0.5, 0.6) is 0 Å². The Hall–Kier alpha value is -2.42. The minimum absolute atomic E-state index is 0.0366. The lowest BCUT2D eigenvalue weighted by molar-refractivity contribution is -0.141. The van der Waals surface area contributed by atoms with E-state index >= 15 is 0 Å². The van der Waals surface area contributed by atoms with Crippen LogP contribution in [0.25, 0.3) is 0 Å². The molecule has 2 aromatic carbocycles. The number of benzene rings is 2. The average Bonchev–Trinajstić information content (AvgIpc) is 2.79. The van der Waals surface area contributed by atoms with Gasteiger partial charge in [-0.2, -0.15) is 4.31 Å². The lowest BCUT2D eigenvalue weighted by Crippen LogP contribution is -2.53. The van der Waals surface area contributed by atoms with E-state index in [2.05, 4.69) is 5.32 Å². The molecular formula is C25H34ClN3O4S. The molecule has 2 atom stereocenters. The van der Waals surface area contributed by atoms with Crippen LogP contribution >= 0.6 is 11.6 Å². The molecule has 9 heteroatoms. The van der Waals surface area contributed by atoms with E-state index in [9.17, 15) is 18.0 Å². The third-order valence-corrected chi connectivity index (χ3v) is 7.77. The molecule has 0 bridgehead atoms. The van der Waals surface area contributed by atoms with Crippen molar-refractivity contribution < 1.29 is 18.0 Å². The molecule has 0 spiro atoms. The predicted molar refractivity (Wildman–Crippen MR) is 135 cm³/mol. The van der Waals surface area contributed by atoms with Crippen LogP contribution in [-0.2, 0) is 26.2 Å². The SMILES string of the molecule is CC[C@H](C)NC(=O)[C@H](CC)N(Cc1cccc(C)c1)C(=O)CN(C)S(=O)(=O)c1ccc(Cl)cc1. The van der Waals surface area contributed by atoms with Crippen LogP contribution in [0.2, 0.25) is 5.02 Å². The van der Waals surface area contributed by atoms with Crippen molar-refractivity contribution in [1.82, 2.24) is 14.5 Å². The molecule has 0 aromatic heterocycles. The van der Waals surface area contributed by atoms with Gasteiger partial charge in [-0.1, -0.05) is 55.3 Å². The predicted octanol–water partition coefficient (Wildman–Crippen LogP) is 3.99. The number of hydrogen-bond acceptors (Lipinski definition) is 4. The van der Waals surface area contributed by atoms with Crippen LogP contribution in [0, 0.1) is 6.92 Å². The molecule has 2 aromatic rings. The van der Waals surface area contributed by atoms with E-state index in [1.165, 1.54) is 36.2 Å². The zero-order valence-corrected chi connectivity index (χ0v) is 22.0. The van der Waals surface area contributed by atoms with Crippen molar-refractivity contribution in [2.24, 2.45) is 0 Å². The molecule has 2 rings (SSSR count). The zero-order chi connectivity index (χ0) is 25.5. The van der Waals surface area contributed by atoms with Gasteiger partial charge in [0.15, 0.2) is 0 Å². The zero-order valence-electron chi connectivity index (χ0n) is 20.4. The molecule has 0 aliphatic carbocycles. The van der Waals surface area contributed by atoms with Crippen LogP contribution in [-0.4, -0.2) is 55.1 Å². The molecule has 34 heavy (non-hydrogen) atoms. The smallest absolute Gasteiger partial charge is 0.243 e. The van der Waals surface area contributed by atoms with Crippen molar-refractivity contribution in [2.75, 3.05) is 13.6 Å². The number of carbonyl (C=O) groups is 2. The van der Waals surface area contributed by atoms with Crippen molar-refractivity contribution in [2.45, 2.75) is 64.1 Å². The van der Waals surface area contributed by atoms with E-state index < -0.39 is 28.5 Å². The second-order valence-electron chi connectivity index (χ2n) is 8.47. The first-order valence-electron chi connectivity index (χ1n) is 11.4. The molecule has 0 radical (unpaired) electrons. The Balaban J connectivity index is 2.33. The molecule has 0 aliphatic heterocycles. The molecule has 0 saturated carbocycles. The summed E-state index contributed by atoms with van der Waals surface area (Å²) in [6, 6.07) is 12.7. The second-order valence-corrected chi connectivity index (χ2v) is 10.9. The standard InChI is InChI=1S/C25H34ClN3O4S/c1-6-19(4)27-25(31)23(7-2)29(16-20-10-8-9-18(3)15-20)24(30)17-28(5)34(32,33)22-13-11-21(26)12-14-22/h8-15,19,23H,6-7,16-17H2,1-5H3,(H,27,31)/t19-,23-/m0/s1. The summed E-state index contributed by atoms with van der Waals surface area (Å²) >= 11 is 5.88. The summed E-state index contributed by atoms with van der Waals surface area (Å²) in [5.41, 5.74) is 1.90. The first kappa shape index (κ1) is 27.8. The summed E-state index contributed by atoms with van der Waals surface area (Å²) < 4.78 is 27.0.